The lowest BCUT2D eigenvalue weighted by Gasteiger charge is -2.29. The van der Waals surface area contributed by atoms with Crippen molar-refractivity contribution in [1.82, 2.24) is 10.2 Å². The predicted molar refractivity (Wildman–Crippen MR) is 89.9 cm³/mol. The summed E-state index contributed by atoms with van der Waals surface area (Å²) in [5.74, 6) is 0.460. The van der Waals surface area contributed by atoms with Crippen LogP contribution in [-0.2, 0) is 0 Å². The summed E-state index contributed by atoms with van der Waals surface area (Å²) in [7, 11) is 0. The van der Waals surface area contributed by atoms with Crippen molar-refractivity contribution < 1.29 is 4.79 Å². The predicted octanol–water partition coefficient (Wildman–Crippen LogP) is 2.54. The van der Waals surface area contributed by atoms with Crippen LogP contribution in [0.5, 0.6) is 0 Å². The molecule has 1 amide bonds. The third-order valence-electron chi connectivity index (χ3n) is 3.80. The van der Waals surface area contributed by atoms with Gasteiger partial charge in [-0.05, 0) is 56.1 Å². The van der Waals surface area contributed by atoms with Gasteiger partial charge in [0.05, 0.1) is 0 Å². The second-order valence-electron chi connectivity index (χ2n) is 5.80. The Balaban J connectivity index is 0.00000220. The van der Waals surface area contributed by atoms with Crippen LogP contribution in [0.1, 0.15) is 36.5 Å². The molecule has 2 rings (SSSR count). The second-order valence-corrected chi connectivity index (χ2v) is 5.80. The number of nitrogens with zero attached hydrogens (tertiary/aromatic N) is 1. The van der Waals surface area contributed by atoms with Gasteiger partial charge in [-0.3, -0.25) is 4.79 Å². The van der Waals surface area contributed by atoms with Crippen molar-refractivity contribution >= 4 is 24.0 Å². The Bertz CT molecular complexity index is 430. The highest BCUT2D eigenvalue weighted by molar-refractivity contribution is 5.94. The van der Waals surface area contributed by atoms with E-state index in [9.17, 15) is 4.79 Å². The van der Waals surface area contributed by atoms with E-state index in [-0.39, 0.29) is 18.3 Å². The highest BCUT2D eigenvalue weighted by Crippen LogP contribution is 2.11. The minimum absolute atomic E-state index is 0. The Kier molecular flexibility index (Phi) is 7.54. The lowest BCUT2D eigenvalue weighted by molar-refractivity contribution is 0.0942. The molecule has 1 unspecified atom stereocenters. The van der Waals surface area contributed by atoms with Crippen molar-refractivity contribution in [3.8, 4) is 0 Å². The van der Waals surface area contributed by atoms with Crippen molar-refractivity contribution in [3.05, 3.63) is 29.8 Å². The molecule has 1 aromatic rings. The first-order valence-corrected chi connectivity index (χ1v) is 7.51. The van der Waals surface area contributed by atoms with Gasteiger partial charge in [0.2, 0.25) is 0 Å². The summed E-state index contributed by atoms with van der Waals surface area (Å²) >= 11 is 0. The number of halogens is 1. The number of nitrogens with two attached hydrogens (primary N) is 1. The van der Waals surface area contributed by atoms with Crippen LogP contribution >= 0.6 is 12.4 Å². The van der Waals surface area contributed by atoms with Crippen molar-refractivity contribution in [3.63, 3.8) is 0 Å². The number of hydrogen-bond donors (Lipinski definition) is 2. The van der Waals surface area contributed by atoms with Gasteiger partial charge in [-0.1, -0.05) is 13.3 Å². The van der Waals surface area contributed by atoms with Gasteiger partial charge >= 0.3 is 0 Å². The van der Waals surface area contributed by atoms with E-state index >= 15 is 0 Å². The number of rotatable bonds is 5. The third kappa shape index (κ3) is 5.94. The summed E-state index contributed by atoms with van der Waals surface area (Å²) in [6.07, 6.45) is 3.98. The molecule has 1 fully saturated rings. The lowest BCUT2D eigenvalue weighted by Crippen LogP contribution is -2.38. The fourth-order valence-electron chi connectivity index (χ4n) is 2.65. The van der Waals surface area contributed by atoms with Crippen LogP contribution < -0.4 is 11.1 Å². The van der Waals surface area contributed by atoms with Gasteiger partial charge in [0.15, 0.2) is 0 Å². The van der Waals surface area contributed by atoms with Crippen LogP contribution in [0, 0.1) is 5.92 Å². The Morgan fingerprint density at radius 1 is 1.24 bits per heavy atom. The topological polar surface area (TPSA) is 58.4 Å². The summed E-state index contributed by atoms with van der Waals surface area (Å²) in [6.45, 7) is 6.39. The summed E-state index contributed by atoms with van der Waals surface area (Å²) in [4.78, 5) is 14.5. The number of carbonyl (C=O) groups excluding carboxylic acids is 1. The Morgan fingerprint density at radius 3 is 2.48 bits per heavy atom. The molecule has 3 N–H and O–H groups in total. The van der Waals surface area contributed by atoms with E-state index < -0.39 is 0 Å². The van der Waals surface area contributed by atoms with Gasteiger partial charge in [0, 0.05) is 24.3 Å². The number of amides is 1. The van der Waals surface area contributed by atoms with Crippen LogP contribution in [0.25, 0.3) is 0 Å². The largest absolute Gasteiger partial charge is 0.399 e. The Hall–Kier alpha value is -1.26. The summed E-state index contributed by atoms with van der Waals surface area (Å²) in [6, 6.07) is 7.04. The molecule has 1 aromatic carbocycles. The number of piperidine rings is 1. The Morgan fingerprint density at radius 2 is 1.86 bits per heavy atom. The standard InChI is InChI=1S/C16H25N3O.ClH/c1-13(12-19-9-3-2-4-10-19)11-18-16(20)14-5-7-15(17)8-6-14;/h5-8,13H,2-4,9-12,17H2,1H3,(H,18,20);1H. The van der Waals surface area contributed by atoms with Gasteiger partial charge in [0.1, 0.15) is 0 Å². The maximum Gasteiger partial charge on any atom is 0.251 e. The van der Waals surface area contributed by atoms with E-state index in [1.807, 2.05) is 0 Å². The number of benzene rings is 1. The molecule has 0 aromatic heterocycles. The van der Waals surface area contributed by atoms with Crippen LogP contribution in [-0.4, -0.2) is 37.0 Å². The molecule has 0 radical (unpaired) electrons. The van der Waals surface area contributed by atoms with Crippen LogP contribution in [0.15, 0.2) is 24.3 Å². The van der Waals surface area contributed by atoms with E-state index in [0.717, 1.165) is 13.1 Å². The number of nitrogens with one attached hydrogen (secondary N) is 1. The number of nitrogen functional groups attached to an aromatic ring is 1. The molecule has 1 aliphatic rings. The summed E-state index contributed by atoms with van der Waals surface area (Å²) in [5, 5.41) is 3.00. The molecule has 1 saturated heterocycles. The number of carbonyl (C=O) groups is 1. The van der Waals surface area contributed by atoms with Crippen molar-refractivity contribution in [2.75, 3.05) is 31.9 Å². The molecule has 0 aliphatic carbocycles. The van der Waals surface area contributed by atoms with Crippen molar-refractivity contribution in [2.24, 2.45) is 5.92 Å². The molecule has 1 atom stereocenters. The molecule has 1 heterocycles. The number of hydrogen-bond acceptors (Lipinski definition) is 3. The molecule has 0 bridgehead atoms. The molecule has 1 aliphatic heterocycles. The van der Waals surface area contributed by atoms with Crippen molar-refractivity contribution in [1.29, 1.82) is 0 Å². The first kappa shape index (κ1) is 17.8. The quantitative estimate of drug-likeness (QED) is 0.822. The average Bonchev–Trinajstić information content (AvgIpc) is 2.46. The second kappa shape index (κ2) is 8.90. The zero-order valence-electron chi connectivity index (χ0n) is 12.7. The van der Waals surface area contributed by atoms with Gasteiger partial charge in [-0.2, -0.15) is 0 Å². The minimum atomic E-state index is -0.0181. The zero-order valence-corrected chi connectivity index (χ0v) is 13.5. The normalized spacial score (nSPS) is 16.8. The smallest absolute Gasteiger partial charge is 0.251 e. The lowest BCUT2D eigenvalue weighted by atomic mass is 10.1. The summed E-state index contributed by atoms with van der Waals surface area (Å²) < 4.78 is 0. The average molecular weight is 312 g/mol. The fraction of sp³-hybridized carbons (Fsp3) is 0.562. The molecule has 0 spiro atoms. The molecule has 4 nitrogen and oxygen atoms in total. The molecule has 21 heavy (non-hydrogen) atoms. The van der Waals surface area contributed by atoms with Gasteiger partial charge in [-0.15, -0.1) is 12.4 Å². The number of likely N-dealkylation sites (tertiary alicyclic amines) is 1. The summed E-state index contributed by atoms with van der Waals surface area (Å²) in [5.41, 5.74) is 6.97. The first-order valence-electron chi connectivity index (χ1n) is 7.51. The van der Waals surface area contributed by atoms with Gasteiger partial charge in [-0.25, -0.2) is 0 Å². The maximum absolute atomic E-state index is 12.0. The molecular weight excluding hydrogens is 286 g/mol. The highest BCUT2D eigenvalue weighted by Gasteiger charge is 2.14. The van der Waals surface area contributed by atoms with E-state index in [4.69, 9.17) is 5.73 Å². The van der Waals surface area contributed by atoms with Crippen LogP contribution in [0.4, 0.5) is 5.69 Å². The zero-order chi connectivity index (χ0) is 14.4. The van der Waals surface area contributed by atoms with E-state index in [2.05, 4.69) is 17.1 Å². The molecule has 5 heteroatoms. The first-order chi connectivity index (χ1) is 9.65. The molecule has 0 saturated carbocycles. The van der Waals surface area contributed by atoms with Crippen molar-refractivity contribution in [2.45, 2.75) is 26.2 Å². The molecular formula is C16H26ClN3O. The van der Waals surface area contributed by atoms with E-state index in [1.165, 1.54) is 32.4 Å². The molecule has 118 valence electrons. The van der Waals surface area contributed by atoms with E-state index in [0.29, 0.717) is 17.2 Å². The van der Waals surface area contributed by atoms with E-state index in [1.54, 1.807) is 24.3 Å². The van der Waals surface area contributed by atoms with Gasteiger partial charge < -0.3 is 16.0 Å². The fourth-order valence-corrected chi connectivity index (χ4v) is 2.65. The van der Waals surface area contributed by atoms with Crippen LogP contribution in [0.3, 0.4) is 0 Å². The monoisotopic (exact) mass is 311 g/mol. The maximum atomic E-state index is 12.0. The minimum Gasteiger partial charge on any atom is -0.399 e. The Labute approximate surface area is 133 Å². The van der Waals surface area contributed by atoms with Crippen LogP contribution in [0.2, 0.25) is 0 Å². The number of anilines is 1. The van der Waals surface area contributed by atoms with Gasteiger partial charge in [0.25, 0.3) is 5.91 Å². The highest BCUT2D eigenvalue weighted by atomic mass is 35.5. The third-order valence-corrected chi connectivity index (χ3v) is 3.80. The SMILES string of the molecule is CC(CNC(=O)c1ccc(N)cc1)CN1CCCCC1.Cl.